The molecule has 0 aliphatic heterocycles. The molecule has 2 aromatic carbocycles. The maximum Gasteiger partial charge on any atom is 0.326 e. The van der Waals surface area contributed by atoms with Crippen LogP contribution in [0.3, 0.4) is 0 Å². The van der Waals surface area contributed by atoms with Crippen LogP contribution < -0.4 is 10.1 Å². The van der Waals surface area contributed by atoms with E-state index in [4.69, 9.17) is 4.74 Å². The van der Waals surface area contributed by atoms with Gasteiger partial charge >= 0.3 is 5.97 Å². The number of rotatable bonds is 7. The highest BCUT2D eigenvalue weighted by Crippen LogP contribution is 2.60. The highest BCUT2D eigenvalue weighted by molar-refractivity contribution is 9.10. The molecule has 4 aliphatic carbocycles. The maximum atomic E-state index is 13.3. The van der Waals surface area contributed by atoms with Crippen molar-refractivity contribution >= 4 is 27.8 Å². The van der Waals surface area contributed by atoms with Crippen LogP contribution in [0, 0.1) is 23.2 Å². The minimum Gasteiger partial charge on any atom is -0.480 e. The smallest absolute Gasteiger partial charge is 0.326 e. The highest BCUT2D eigenvalue weighted by atomic mass is 79.9. The summed E-state index contributed by atoms with van der Waals surface area (Å²) >= 11 is 3.47. The van der Waals surface area contributed by atoms with Crippen molar-refractivity contribution in [1.82, 2.24) is 5.32 Å². The number of carbonyl (C=O) groups is 2. The molecule has 4 saturated carbocycles. The van der Waals surface area contributed by atoms with Gasteiger partial charge in [0.15, 0.2) is 0 Å². The van der Waals surface area contributed by atoms with Gasteiger partial charge in [-0.3, -0.25) is 4.79 Å². The molecule has 168 valence electrons. The zero-order chi connectivity index (χ0) is 22.3. The van der Waals surface area contributed by atoms with E-state index >= 15 is 0 Å². The molecule has 4 aliphatic rings. The van der Waals surface area contributed by atoms with Crippen molar-refractivity contribution in [2.75, 3.05) is 0 Å². The molecule has 4 fully saturated rings. The summed E-state index contributed by atoms with van der Waals surface area (Å²) in [5, 5.41) is 12.7. The standard InChI is InChI=1S/C26H28BrNO4/c27-21-3-1-2-4-23(21)32-20-7-5-16(6-8-20)12-22(24(29)30)28-25(31)26-13-17-9-18(14-26)11-19(10-17)15-26/h1-8,17-19,22H,9-15H2,(H,28,31)(H,29,30). The second kappa shape index (κ2) is 8.54. The zero-order valence-electron chi connectivity index (χ0n) is 17.9. The van der Waals surface area contributed by atoms with Crippen molar-refractivity contribution in [3.8, 4) is 11.5 Å². The Morgan fingerprint density at radius 1 is 1.00 bits per heavy atom. The Kier molecular flexibility index (Phi) is 5.74. The fourth-order valence-corrected chi connectivity index (χ4v) is 6.85. The Hall–Kier alpha value is -2.34. The lowest BCUT2D eigenvalue weighted by Crippen LogP contribution is -2.56. The van der Waals surface area contributed by atoms with Crippen molar-refractivity contribution in [1.29, 1.82) is 0 Å². The molecule has 6 rings (SSSR count). The number of benzene rings is 2. The van der Waals surface area contributed by atoms with Gasteiger partial charge in [-0.25, -0.2) is 4.79 Å². The molecule has 1 unspecified atom stereocenters. The van der Waals surface area contributed by atoms with Crippen LogP contribution in [0.2, 0.25) is 0 Å². The Bertz CT molecular complexity index is 983. The van der Waals surface area contributed by atoms with Crippen LogP contribution in [0.25, 0.3) is 0 Å². The number of aliphatic carboxylic acids is 1. The number of nitrogens with one attached hydrogen (secondary N) is 1. The number of carboxylic acids is 1. The van der Waals surface area contributed by atoms with Gasteiger partial charge in [0.1, 0.15) is 17.5 Å². The van der Waals surface area contributed by atoms with Crippen LogP contribution in [0.1, 0.15) is 44.1 Å². The van der Waals surface area contributed by atoms with Gasteiger partial charge in [-0.1, -0.05) is 24.3 Å². The van der Waals surface area contributed by atoms with Crippen LogP contribution in [0.4, 0.5) is 0 Å². The van der Waals surface area contributed by atoms with E-state index < -0.39 is 12.0 Å². The van der Waals surface area contributed by atoms with E-state index in [2.05, 4.69) is 21.2 Å². The number of halogens is 1. The van der Waals surface area contributed by atoms with Gasteiger partial charge in [0.2, 0.25) is 5.91 Å². The molecule has 0 saturated heterocycles. The minimum absolute atomic E-state index is 0.0436. The molecule has 6 heteroatoms. The average molecular weight is 498 g/mol. The lowest BCUT2D eigenvalue weighted by molar-refractivity contribution is -0.151. The lowest BCUT2D eigenvalue weighted by atomic mass is 9.49. The van der Waals surface area contributed by atoms with E-state index in [9.17, 15) is 14.7 Å². The number of hydrogen-bond acceptors (Lipinski definition) is 3. The Balaban J connectivity index is 1.24. The zero-order valence-corrected chi connectivity index (χ0v) is 19.5. The Morgan fingerprint density at radius 3 is 2.16 bits per heavy atom. The van der Waals surface area contributed by atoms with E-state index in [0.29, 0.717) is 29.3 Å². The number of para-hydroxylation sites is 1. The van der Waals surface area contributed by atoms with Gasteiger partial charge in [0, 0.05) is 11.8 Å². The molecule has 2 aromatic rings. The predicted molar refractivity (Wildman–Crippen MR) is 125 cm³/mol. The molecule has 32 heavy (non-hydrogen) atoms. The van der Waals surface area contributed by atoms with Gasteiger partial charge in [0.05, 0.1) is 4.47 Å². The second-order valence-corrected chi connectivity index (χ2v) is 10.8. The van der Waals surface area contributed by atoms with E-state index in [0.717, 1.165) is 29.3 Å². The van der Waals surface area contributed by atoms with Gasteiger partial charge < -0.3 is 15.2 Å². The highest BCUT2D eigenvalue weighted by Gasteiger charge is 2.54. The first-order valence-corrected chi connectivity index (χ1v) is 12.2. The summed E-state index contributed by atoms with van der Waals surface area (Å²) in [5.41, 5.74) is 0.506. The first-order chi connectivity index (χ1) is 15.4. The summed E-state index contributed by atoms with van der Waals surface area (Å²) in [7, 11) is 0. The minimum atomic E-state index is -0.989. The van der Waals surface area contributed by atoms with Crippen LogP contribution in [-0.4, -0.2) is 23.0 Å². The van der Waals surface area contributed by atoms with Gasteiger partial charge in [-0.05, 0) is 102 Å². The number of hydrogen-bond donors (Lipinski definition) is 2. The van der Waals surface area contributed by atoms with E-state index in [1.54, 1.807) is 0 Å². The molecule has 5 nitrogen and oxygen atoms in total. The molecule has 1 atom stereocenters. The fraction of sp³-hybridized carbons (Fsp3) is 0.462. The average Bonchev–Trinajstić information content (AvgIpc) is 2.75. The maximum absolute atomic E-state index is 13.3. The number of carbonyl (C=O) groups excluding carboxylic acids is 1. The van der Waals surface area contributed by atoms with Crippen LogP contribution in [0.15, 0.2) is 53.0 Å². The molecule has 2 N–H and O–H groups in total. The first-order valence-electron chi connectivity index (χ1n) is 11.5. The molecule has 0 spiro atoms. The van der Waals surface area contributed by atoms with Crippen molar-refractivity contribution < 1.29 is 19.4 Å². The summed E-state index contributed by atoms with van der Waals surface area (Å²) in [6, 6.07) is 14.1. The monoisotopic (exact) mass is 497 g/mol. The topological polar surface area (TPSA) is 75.6 Å². The first kappa shape index (κ1) is 21.5. The summed E-state index contributed by atoms with van der Waals surface area (Å²) in [6.07, 6.45) is 6.80. The quantitative estimate of drug-likeness (QED) is 0.524. The van der Waals surface area contributed by atoms with Gasteiger partial charge in [-0.2, -0.15) is 0 Å². The van der Waals surface area contributed by atoms with Crippen molar-refractivity contribution in [2.45, 2.75) is 51.0 Å². The molecule has 1 amide bonds. The van der Waals surface area contributed by atoms with Crippen molar-refractivity contribution in [3.63, 3.8) is 0 Å². The molecule has 0 radical (unpaired) electrons. The Morgan fingerprint density at radius 2 is 1.59 bits per heavy atom. The van der Waals surface area contributed by atoms with Crippen LogP contribution >= 0.6 is 15.9 Å². The number of ether oxygens (including phenoxy) is 1. The molecular formula is C26H28BrNO4. The summed E-state index contributed by atoms with van der Waals surface area (Å²) in [5.74, 6) is 2.29. The molecule has 0 aromatic heterocycles. The summed E-state index contributed by atoms with van der Waals surface area (Å²) in [4.78, 5) is 25.3. The summed E-state index contributed by atoms with van der Waals surface area (Å²) in [6.45, 7) is 0. The lowest BCUT2D eigenvalue weighted by Gasteiger charge is -2.55. The molecular weight excluding hydrogens is 470 g/mol. The Labute approximate surface area is 196 Å². The summed E-state index contributed by atoms with van der Waals surface area (Å²) < 4.78 is 6.75. The largest absolute Gasteiger partial charge is 0.480 e. The van der Waals surface area contributed by atoms with Crippen molar-refractivity contribution in [2.24, 2.45) is 23.2 Å². The third kappa shape index (κ3) is 4.29. The van der Waals surface area contributed by atoms with Gasteiger partial charge in [0.25, 0.3) is 0 Å². The van der Waals surface area contributed by atoms with E-state index in [1.165, 1.54) is 19.3 Å². The second-order valence-electron chi connectivity index (χ2n) is 9.94. The van der Waals surface area contributed by atoms with Crippen LogP contribution in [0.5, 0.6) is 11.5 Å². The third-order valence-electron chi connectivity index (χ3n) is 7.55. The van der Waals surface area contributed by atoms with E-state index in [1.807, 2.05) is 48.5 Å². The fourth-order valence-electron chi connectivity index (χ4n) is 6.48. The van der Waals surface area contributed by atoms with Gasteiger partial charge in [-0.15, -0.1) is 0 Å². The normalized spacial score (nSPS) is 28.8. The van der Waals surface area contributed by atoms with Crippen molar-refractivity contribution in [3.05, 3.63) is 58.6 Å². The number of carboxylic acid groups (broad SMARTS) is 1. The third-order valence-corrected chi connectivity index (χ3v) is 8.21. The molecule has 4 bridgehead atoms. The van der Waals surface area contributed by atoms with E-state index in [-0.39, 0.29) is 17.7 Å². The number of amides is 1. The molecule has 0 heterocycles. The van der Waals surface area contributed by atoms with Crippen LogP contribution in [-0.2, 0) is 16.0 Å². The predicted octanol–water partition coefficient (Wildman–Crippen LogP) is 5.57. The SMILES string of the molecule is O=C(O)C(Cc1ccc(Oc2ccccc2Br)cc1)NC(=O)C12CC3CC(CC(C3)C1)C2.